The number of hydrogen-bond donors (Lipinski definition) is 0. The minimum Gasteiger partial charge on any atom is -0.280 e. The largest absolute Gasteiger partial charge is 0.280 e. The Morgan fingerprint density at radius 1 is 1.11 bits per heavy atom. The molecule has 4 nitrogen and oxygen atoms in total. The summed E-state index contributed by atoms with van der Waals surface area (Å²) in [6.45, 7) is 4.28. The van der Waals surface area contributed by atoms with Gasteiger partial charge in [-0.25, -0.2) is 9.40 Å². The number of nitrogens with zero attached hydrogens (tertiary/aromatic N) is 4. The van der Waals surface area contributed by atoms with Crippen LogP contribution in [0.2, 0.25) is 0 Å². The second kappa shape index (κ2) is 5.25. The Bertz CT molecular complexity index is 453. The number of benzene rings is 1. The van der Waals surface area contributed by atoms with Crippen LogP contribution in [0.25, 0.3) is 0 Å². The zero-order valence-corrected chi connectivity index (χ0v) is 11.2. The van der Waals surface area contributed by atoms with Gasteiger partial charge in [0.25, 0.3) is 0 Å². The highest BCUT2D eigenvalue weighted by atomic mass is 19.1. The third-order valence-electron chi connectivity index (χ3n) is 3.87. The second-order valence-corrected chi connectivity index (χ2v) is 5.28. The van der Waals surface area contributed by atoms with Gasteiger partial charge in [-0.05, 0) is 44.0 Å². The molecule has 0 N–H and O–H groups in total. The van der Waals surface area contributed by atoms with Gasteiger partial charge in [-0.3, -0.25) is 4.90 Å². The molecule has 1 fully saturated rings. The van der Waals surface area contributed by atoms with Gasteiger partial charge in [0.15, 0.2) is 0 Å². The van der Waals surface area contributed by atoms with Crippen molar-refractivity contribution in [2.24, 2.45) is 10.3 Å². The van der Waals surface area contributed by atoms with Gasteiger partial charge in [0, 0.05) is 13.1 Å². The summed E-state index contributed by atoms with van der Waals surface area (Å²) in [6, 6.07) is 6.64. The predicted octanol–water partition coefficient (Wildman–Crippen LogP) is 3.21. The highest BCUT2D eigenvalue weighted by molar-refractivity contribution is 5.47. The maximum absolute atomic E-state index is 13.0. The molecule has 0 aliphatic carbocycles. The fourth-order valence-corrected chi connectivity index (χ4v) is 2.89. The lowest BCUT2D eigenvalue weighted by molar-refractivity contribution is 0.154. The molecule has 2 aliphatic rings. The number of anilines is 1. The Morgan fingerprint density at radius 3 is 2.47 bits per heavy atom. The topological polar surface area (TPSA) is 31.2 Å². The van der Waals surface area contributed by atoms with Gasteiger partial charge >= 0.3 is 0 Å². The van der Waals surface area contributed by atoms with Gasteiger partial charge in [-0.2, -0.15) is 5.11 Å². The minimum absolute atomic E-state index is 0.156. The van der Waals surface area contributed by atoms with E-state index in [1.165, 1.54) is 31.4 Å². The molecule has 0 spiro atoms. The van der Waals surface area contributed by atoms with Crippen LogP contribution in [0.15, 0.2) is 34.6 Å². The van der Waals surface area contributed by atoms with E-state index in [9.17, 15) is 4.39 Å². The van der Waals surface area contributed by atoms with Crippen LogP contribution in [0.5, 0.6) is 0 Å². The van der Waals surface area contributed by atoms with E-state index in [0.29, 0.717) is 0 Å². The minimum atomic E-state index is -0.220. The maximum Gasteiger partial charge on any atom is 0.130 e. The molecular formula is C14H19FN4. The Morgan fingerprint density at radius 2 is 1.79 bits per heavy atom. The molecule has 2 aliphatic heterocycles. The summed E-state index contributed by atoms with van der Waals surface area (Å²) in [5.41, 5.74) is 0.907. The quantitative estimate of drug-likeness (QED) is 0.819. The zero-order chi connectivity index (χ0) is 13.2. The normalized spacial score (nSPS) is 28.0. The number of rotatable bonds is 2. The first-order valence-corrected chi connectivity index (χ1v) is 6.95. The maximum atomic E-state index is 13.0. The summed E-state index contributed by atoms with van der Waals surface area (Å²) in [6.07, 6.45) is 3.95. The smallest absolute Gasteiger partial charge is 0.130 e. The first-order valence-electron chi connectivity index (χ1n) is 6.95. The highest BCUT2D eigenvalue weighted by Gasteiger charge is 2.35. The van der Waals surface area contributed by atoms with Gasteiger partial charge in [-0.15, -0.1) is 0 Å². The fraction of sp³-hybridized carbons (Fsp3) is 0.571. The highest BCUT2D eigenvalue weighted by Crippen LogP contribution is 2.29. The lowest BCUT2D eigenvalue weighted by Crippen LogP contribution is -2.50. The van der Waals surface area contributed by atoms with E-state index in [-0.39, 0.29) is 18.0 Å². The third kappa shape index (κ3) is 2.47. The van der Waals surface area contributed by atoms with Crippen molar-refractivity contribution in [2.75, 3.05) is 18.1 Å². The Kier molecular flexibility index (Phi) is 3.46. The van der Waals surface area contributed by atoms with E-state index in [1.807, 2.05) is 5.01 Å². The van der Waals surface area contributed by atoms with Crippen LogP contribution < -0.4 is 5.01 Å². The molecule has 1 aromatic rings. The number of likely N-dealkylation sites (tertiary alicyclic amines) is 1. The van der Waals surface area contributed by atoms with E-state index in [4.69, 9.17) is 0 Å². The molecule has 0 bridgehead atoms. The molecule has 0 saturated carbocycles. The van der Waals surface area contributed by atoms with Crippen molar-refractivity contribution in [3.8, 4) is 0 Å². The molecule has 1 saturated heterocycles. The van der Waals surface area contributed by atoms with E-state index in [1.54, 1.807) is 12.1 Å². The van der Waals surface area contributed by atoms with Gasteiger partial charge in [0.2, 0.25) is 0 Å². The van der Waals surface area contributed by atoms with E-state index < -0.39 is 0 Å². The first-order chi connectivity index (χ1) is 9.25. The van der Waals surface area contributed by atoms with Crippen LogP contribution >= 0.6 is 0 Å². The summed E-state index contributed by atoms with van der Waals surface area (Å²) in [4.78, 5) is 2.44. The zero-order valence-electron chi connectivity index (χ0n) is 11.2. The summed E-state index contributed by atoms with van der Waals surface area (Å²) in [5, 5.41) is 10.5. The Balaban J connectivity index is 1.82. The molecule has 102 valence electrons. The van der Waals surface area contributed by atoms with Gasteiger partial charge in [-0.1, -0.05) is 11.6 Å². The standard InChI is InChI=1S/C14H19FN4/c1-11-14(18-9-3-2-4-10-18)19(17-16-11)13-7-5-12(15)6-8-13/h5-8,11,14H,2-4,9-10H2,1H3. The summed E-state index contributed by atoms with van der Waals surface area (Å²) < 4.78 is 13.0. The van der Waals surface area contributed by atoms with Gasteiger partial charge in [0.1, 0.15) is 18.0 Å². The van der Waals surface area contributed by atoms with Crippen LogP contribution in [-0.4, -0.2) is 30.2 Å². The molecule has 0 radical (unpaired) electrons. The molecule has 0 amide bonds. The summed E-state index contributed by atoms with van der Waals surface area (Å²) in [5.74, 6) is -0.220. The molecule has 2 atom stereocenters. The average Bonchev–Trinajstić information content (AvgIpc) is 2.82. The molecule has 5 heteroatoms. The third-order valence-corrected chi connectivity index (χ3v) is 3.87. The lowest BCUT2D eigenvalue weighted by Gasteiger charge is -2.37. The number of halogens is 1. The monoisotopic (exact) mass is 262 g/mol. The van der Waals surface area contributed by atoms with Crippen LogP contribution in [0.1, 0.15) is 26.2 Å². The Labute approximate surface area is 112 Å². The van der Waals surface area contributed by atoms with Crippen molar-refractivity contribution in [2.45, 2.75) is 38.4 Å². The predicted molar refractivity (Wildman–Crippen MR) is 72.4 cm³/mol. The van der Waals surface area contributed by atoms with Crippen molar-refractivity contribution in [1.82, 2.24) is 4.90 Å². The van der Waals surface area contributed by atoms with E-state index >= 15 is 0 Å². The van der Waals surface area contributed by atoms with Crippen LogP contribution in [0, 0.1) is 5.82 Å². The second-order valence-electron chi connectivity index (χ2n) is 5.28. The van der Waals surface area contributed by atoms with Crippen LogP contribution in [0.4, 0.5) is 10.1 Å². The average molecular weight is 262 g/mol. The van der Waals surface area contributed by atoms with Crippen LogP contribution in [0.3, 0.4) is 0 Å². The number of piperidine rings is 1. The Hall–Kier alpha value is -1.49. The molecule has 0 aromatic heterocycles. The molecule has 3 rings (SSSR count). The first kappa shape index (κ1) is 12.5. The van der Waals surface area contributed by atoms with Crippen molar-refractivity contribution >= 4 is 5.69 Å². The lowest BCUT2D eigenvalue weighted by atomic mass is 10.1. The molecule has 19 heavy (non-hydrogen) atoms. The molecular weight excluding hydrogens is 243 g/mol. The van der Waals surface area contributed by atoms with Gasteiger partial charge in [0.05, 0.1) is 5.69 Å². The van der Waals surface area contributed by atoms with Crippen molar-refractivity contribution in [3.63, 3.8) is 0 Å². The van der Waals surface area contributed by atoms with E-state index in [0.717, 1.165) is 18.8 Å². The molecule has 2 unspecified atom stereocenters. The van der Waals surface area contributed by atoms with Crippen molar-refractivity contribution < 1.29 is 4.39 Å². The summed E-state index contributed by atoms with van der Waals surface area (Å²) >= 11 is 0. The fourth-order valence-electron chi connectivity index (χ4n) is 2.89. The van der Waals surface area contributed by atoms with Crippen molar-refractivity contribution in [3.05, 3.63) is 30.1 Å². The summed E-state index contributed by atoms with van der Waals surface area (Å²) in [7, 11) is 0. The number of hydrogen-bond acceptors (Lipinski definition) is 4. The van der Waals surface area contributed by atoms with E-state index in [2.05, 4.69) is 22.2 Å². The molecule has 2 heterocycles. The van der Waals surface area contributed by atoms with Crippen LogP contribution in [-0.2, 0) is 0 Å². The van der Waals surface area contributed by atoms with Gasteiger partial charge < -0.3 is 0 Å². The molecule has 1 aromatic carbocycles. The SMILES string of the molecule is CC1N=NN(c2ccc(F)cc2)C1N1CCCCC1. The van der Waals surface area contributed by atoms with Crippen molar-refractivity contribution in [1.29, 1.82) is 0 Å².